The van der Waals surface area contributed by atoms with Crippen LogP contribution in [0.25, 0.3) is 11.1 Å². The molecule has 20 heavy (non-hydrogen) atoms. The molecule has 3 nitrogen and oxygen atoms in total. The van der Waals surface area contributed by atoms with Gasteiger partial charge in [-0.15, -0.1) is 0 Å². The van der Waals surface area contributed by atoms with Crippen molar-refractivity contribution in [3.8, 4) is 11.1 Å². The fraction of sp³-hybridized carbons (Fsp3) is 0.235. The van der Waals surface area contributed by atoms with E-state index < -0.39 is 12.0 Å². The quantitative estimate of drug-likeness (QED) is 0.905. The van der Waals surface area contributed by atoms with Gasteiger partial charge in [-0.05, 0) is 30.7 Å². The van der Waals surface area contributed by atoms with Gasteiger partial charge in [-0.3, -0.25) is 9.69 Å². The average molecular weight is 269 g/mol. The largest absolute Gasteiger partial charge is 0.480 e. The van der Waals surface area contributed by atoms with Crippen LogP contribution in [0.5, 0.6) is 0 Å². The summed E-state index contributed by atoms with van der Waals surface area (Å²) >= 11 is 0. The van der Waals surface area contributed by atoms with Crippen LogP contribution >= 0.6 is 0 Å². The minimum atomic E-state index is -0.798. The summed E-state index contributed by atoms with van der Waals surface area (Å²) in [6, 6.07) is 18.0. The molecule has 0 spiro atoms. The molecule has 1 unspecified atom stereocenters. The lowest BCUT2D eigenvalue weighted by molar-refractivity contribution is -0.142. The second-order valence-electron chi connectivity index (χ2n) is 4.99. The van der Waals surface area contributed by atoms with Crippen LogP contribution in [0.2, 0.25) is 0 Å². The van der Waals surface area contributed by atoms with Gasteiger partial charge in [0.2, 0.25) is 0 Å². The first kappa shape index (κ1) is 14.3. The fourth-order valence-electron chi connectivity index (χ4n) is 2.05. The lowest BCUT2D eigenvalue weighted by Crippen LogP contribution is -2.35. The first-order chi connectivity index (χ1) is 9.58. The highest BCUT2D eigenvalue weighted by Crippen LogP contribution is 2.19. The summed E-state index contributed by atoms with van der Waals surface area (Å²) < 4.78 is 0. The van der Waals surface area contributed by atoms with Crippen LogP contribution < -0.4 is 0 Å². The first-order valence-electron chi connectivity index (χ1n) is 6.65. The molecule has 2 aromatic carbocycles. The monoisotopic (exact) mass is 269 g/mol. The Bertz CT molecular complexity index is 563. The molecule has 104 valence electrons. The maximum atomic E-state index is 10.9. The third-order valence-electron chi connectivity index (χ3n) is 3.51. The molecule has 2 aromatic rings. The van der Waals surface area contributed by atoms with Crippen LogP contribution in [0.4, 0.5) is 0 Å². The number of hydrogen-bond acceptors (Lipinski definition) is 2. The molecule has 0 saturated heterocycles. The van der Waals surface area contributed by atoms with Gasteiger partial charge in [-0.1, -0.05) is 54.6 Å². The number of benzene rings is 2. The number of carboxylic acids is 1. The Hall–Kier alpha value is -2.13. The van der Waals surface area contributed by atoms with Gasteiger partial charge in [0.05, 0.1) is 0 Å². The van der Waals surface area contributed by atoms with Gasteiger partial charge in [-0.2, -0.15) is 0 Å². The average Bonchev–Trinajstić information content (AvgIpc) is 2.48. The van der Waals surface area contributed by atoms with Crippen LogP contribution in [-0.2, 0) is 11.3 Å². The maximum Gasteiger partial charge on any atom is 0.320 e. The molecule has 0 amide bonds. The van der Waals surface area contributed by atoms with E-state index in [0.717, 1.165) is 5.56 Å². The highest BCUT2D eigenvalue weighted by Gasteiger charge is 2.16. The number of hydrogen-bond donors (Lipinski definition) is 1. The van der Waals surface area contributed by atoms with Crippen molar-refractivity contribution in [2.24, 2.45) is 0 Å². The van der Waals surface area contributed by atoms with E-state index >= 15 is 0 Å². The van der Waals surface area contributed by atoms with Gasteiger partial charge in [0.15, 0.2) is 0 Å². The van der Waals surface area contributed by atoms with E-state index in [4.69, 9.17) is 5.11 Å². The van der Waals surface area contributed by atoms with Gasteiger partial charge in [-0.25, -0.2) is 0 Å². The van der Waals surface area contributed by atoms with Crippen molar-refractivity contribution in [1.29, 1.82) is 0 Å². The fourth-order valence-corrected chi connectivity index (χ4v) is 2.05. The standard InChI is InChI=1S/C17H19NO2/c1-13(17(19)20)18(2)12-14-8-10-16(11-9-14)15-6-4-3-5-7-15/h3-11,13H,12H2,1-2H3,(H,19,20). The summed E-state index contributed by atoms with van der Waals surface area (Å²) in [6.45, 7) is 2.32. The number of likely N-dealkylation sites (N-methyl/N-ethyl adjacent to an activating group) is 1. The third kappa shape index (κ3) is 3.45. The molecule has 0 saturated carbocycles. The smallest absolute Gasteiger partial charge is 0.320 e. The normalized spacial score (nSPS) is 12.3. The predicted molar refractivity (Wildman–Crippen MR) is 80.4 cm³/mol. The van der Waals surface area contributed by atoms with E-state index in [-0.39, 0.29) is 0 Å². The van der Waals surface area contributed by atoms with E-state index in [1.165, 1.54) is 11.1 Å². The molecule has 0 fully saturated rings. The van der Waals surface area contributed by atoms with Crippen molar-refractivity contribution < 1.29 is 9.90 Å². The molecule has 0 bridgehead atoms. The summed E-state index contributed by atoms with van der Waals surface area (Å²) in [7, 11) is 1.82. The summed E-state index contributed by atoms with van der Waals surface area (Å²) in [4.78, 5) is 12.7. The number of aliphatic carboxylic acids is 1. The minimum absolute atomic E-state index is 0.483. The Morgan fingerprint density at radius 2 is 1.60 bits per heavy atom. The van der Waals surface area contributed by atoms with Gasteiger partial charge < -0.3 is 5.11 Å². The highest BCUT2D eigenvalue weighted by atomic mass is 16.4. The maximum absolute atomic E-state index is 10.9. The van der Waals surface area contributed by atoms with Gasteiger partial charge >= 0.3 is 5.97 Å². The summed E-state index contributed by atoms with van der Waals surface area (Å²) in [5.74, 6) is -0.798. The van der Waals surface area contributed by atoms with E-state index in [2.05, 4.69) is 24.3 Å². The van der Waals surface area contributed by atoms with E-state index in [1.807, 2.05) is 42.3 Å². The molecular formula is C17H19NO2. The van der Waals surface area contributed by atoms with Crippen LogP contribution in [-0.4, -0.2) is 29.1 Å². The molecule has 1 N–H and O–H groups in total. The molecule has 0 aliphatic heterocycles. The second kappa shape index (κ2) is 6.35. The summed E-state index contributed by atoms with van der Waals surface area (Å²) in [6.07, 6.45) is 0. The lowest BCUT2D eigenvalue weighted by atomic mass is 10.0. The van der Waals surface area contributed by atoms with Crippen molar-refractivity contribution in [1.82, 2.24) is 4.90 Å². The molecular weight excluding hydrogens is 250 g/mol. The van der Waals surface area contributed by atoms with E-state index in [9.17, 15) is 4.79 Å². The number of rotatable bonds is 5. The molecule has 1 atom stereocenters. The van der Waals surface area contributed by atoms with Crippen molar-refractivity contribution in [2.75, 3.05) is 7.05 Å². The number of nitrogens with zero attached hydrogens (tertiary/aromatic N) is 1. The van der Waals surface area contributed by atoms with Gasteiger partial charge in [0, 0.05) is 6.54 Å². The van der Waals surface area contributed by atoms with Gasteiger partial charge in [0.1, 0.15) is 6.04 Å². The van der Waals surface area contributed by atoms with Crippen molar-refractivity contribution in [3.63, 3.8) is 0 Å². The molecule has 0 heterocycles. The van der Waals surface area contributed by atoms with Crippen LogP contribution in [0.3, 0.4) is 0 Å². The summed E-state index contributed by atoms with van der Waals surface area (Å²) in [5.41, 5.74) is 3.47. The zero-order chi connectivity index (χ0) is 14.5. The molecule has 0 aromatic heterocycles. The zero-order valence-electron chi connectivity index (χ0n) is 11.8. The predicted octanol–water partition coefficient (Wildman–Crippen LogP) is 3.26. The Morgan fingerprint density at radius 3 is 2.15 bits per heavy atom. The Balaban J connectivity index is 2.07. The molecule has 0 radical (unpaired) electrons. The van der Waals surface area contributed by atoms with Crippen LogP contribution in [0.15, 0.2) is 54.6 Å². The SMILES string of the molecule is CC(C(=O)O)N(C)Cc1ccc(-c2ccccc2)cc1. The first-order valence-corrected chi connectivity index (χ1v) is 6.65. The second-order valence-corrected chi connectivity index (χ2v) is 4.99. The number of carboxylic acid groups (broad SMARTS) is 1. The third-order valence-corrected chi connectivity index (χ3v) is 3.51. The van der Waals surface area contributed by atoms with Crippen LogP contribution in [0, 0.1) is 0 Å². The highest BCUT2D eigenvalue weighted by molar-refractivity contribution is 5.72. The summed E-state index contributed by atoms with van der Waals surface area (Å²) in [5, 5.41) is 8.98. The van der Waals surface area contributed by atoms with Crippen LogP contribution in [0.1, 0.15) is 12.5 Å². The lowest BCUT2D eigenvalue weighted by Gasteiger charge is -2.21. The molecule has 2 rings (SSSR count). The zero-order valence-corrected chi connectivity index (χ0v) is 11.8. The van der Waals surface area contributed by atoms with E-state index in [1.54, 1.807) is 6.92 Å². The number of carbonyl (C=O) groups is 1. The van der Waals surface area contributed by atoms with Crippen molar-refractivity contribution in [3.05, 3.63) is 60.2 Å². The van der Waals surface area contributed by atoms with E-state index in [0.29, 0.717) is 6.54 Å². The topological polar surface area (TPSA) is 40.5 Å². The van der Waals surface area contributed by atoms with Crippen molar-refractivity contribution >= 4 is 5.97 Å². The Morgan fingerprint density at radius 1 is 1.05 bits per heavy atom. The molecule has 3 heteroatoms. The minimum Gasteiger partial charge on any atom is -0.480 e. The van der Waals surface area contributed by atoms with Gasteiger partial charge in [0.25, 0.3) is 0 Å². The molecule has 0 aliphatic rings. The Labute approximate surface area is 119 Å². The van der Waals surface area contributed by atoms with Crippen molar-refractivity contribution in [2.45, 2.75) is 19.5 Å². The molecule has 0 aliphatic carbocycles. The Kier molecular flexibility index (Phi) is 4.53.